The second-order valence-corrected chi connectivity index (χ2v) is 11.1. The van der Waals surface area contributed by atoms with Crippen LogP contribution in [0, 0.1) is 5.82 Å². The fourth-order valence-corrected chi connectivity index (χ4v) is 6.32. The van der Waals surface area contributed by atoms with Gasteiger partial charge in [-0.3, -0.25) is 9.20 Å². The number of fused-ring (bicyclic) bond motifs is 1. The number of aromatic nitrogens is 2. The highest BCUT2D eigenvalue weighted by atomic mass is 32.2. The van der Waals surface area contributed by atoms with Gasteiger partial charge in [0.15, 0.2) is 0 Å². The number of ether oxygens (including phenoxy) is 2. The summed E-state index contributed by atoms with van der Waals surface area (Å²) in [4.78, 5) is 19.4. The van der Waals surface area contributed by atoms with Crippen molar-refractivity contribution in [2.45, 2.75) is 45.3 Å². The maximum absolute atomic E-state index is 14.4. The maximum atomic E-state index is 14.4. The summed E-state index contributed by atoms with van der Waals surface area (Å²) in [6.45, 7) is 5.78. The highest BCUT2D eigenvalue weighted by Gasteiger charge is 2.31. The molecule has 0 spiro atoms. The van der Waals surface area contributed by atoms with Gasteiger partial charge in [0.05, 0.1) is 31.1 Å². The van der Waals surface area contributed by atoms with Crippen LogP contribution in [0.2, 0.25) is 0 Å². The number of anilines is 1. The number of hydrogen-bond donors (Lipinski definition) is 1. The van der Waals surface area contributed by atoms with Gasteiger partial charge in [0.2, 0.25) is 0 Å². The number of rotatable bonds is 9. The van der Waals surface area contributed by atoms with Crippen LogP contribution in [0.3, 0.4) is 0 Å². The molecule has 5 rings (SSSR count). The van der Waals surface area contributed by atoms with Gasteiger partial charge < -0.3 is 14.4 Å². The molecule has 3 aromatic rings. The summed E-state index contributed by atoms with van der Waals surface area (Å²) in [6, 6.07) is 8.16. The monoisotopic (exact) mass is 545 g/mol. The number of carbonyl (C=O) groups excluding carboxylic acids is 1. The molecule has 1 N–H and O–H groups in total. The van der Waals surface area contributed by atoms with Crippen LogP contribution < -0.4 is 14.4 Å². The number of nitrogens with zero attached hydrogens (tertiary/aromatic N) is 4. The molecule has 2 aliphatic rings. The number of hydrogen-bond acceptors (Lipinski definition) is 7. The molecule has 2 aliphatic heterocycles. The molecule has 0 aliphatic carbocycles. The molecule has 1 amide bonds. The minimum atomic E-state index is -3.98. The Hall–Kier alpha value is -3.22. The van der Waals surface area contributed by atoms with E-state index < -0.39 is 16.1 Å². The number of carbonyl (C=O) groups is 1. The second-order valence-electron chi connectivity index (χ2n) is 9.42. The number of benzene rings is 1. The van der Waals surface area contributed by atoms with Crippen LogP contribution in [-0.2, 0) is 14.9 Å². The topological polar surface area (TPSA) is 105 Å². The molecule has 10 nitrogen and oxygen atoms in total. The van der Waals surface area contributed by atoms with E-state index in [0.29, 0.717) is 24.6 Å². The van der Waals surface area contributed by atoms with Gasteiger partial charge in [-0.15, -0.1) is 0 Å². The number of pyridine rings is 1. The lowest BCUT2D eigenvalue weighted by Crippen LogP contribution is -2.43. The van der Waals surface area contributed by atoms with Crippen molar-refractivity contribution >= 4 is 27.5 Å². The fraction of sp³-hybridized carbons (Fsp3) is 0.462. The third-order valence-electron chi connectivity index (χ3n) is 7.09. The van der Waals surface area contributed by atoms with E-state index in [1.54, 1.807) is 36.6 Å². The Morgan fingerprint density at radius 3 is 2.79 bits per heavy atom. The lowest BCUT2D eigenvalue weighted by Gasteiger charge is -2.29. The highest BCUT2D eigenvalue weighted by molar-refractivity contribution is 7.87. The van der Waals surface area contributed by atoms with Crippen molar-refractivity contribution in [2.75, 3.05) is 37.7 Å². The molecule has 0 bridgehead atoms. The average molecular weight is 546 g/mol. The minimum Gasteiger partial charge on any atom is -0.488 e. The van der Waals surface area contributed by atoms with Crippen LogP contribution in [0.15, 0.2) is 42.7 Å². The zero-order chi connectivity index (χ0) is 26.9. The zero-order valence-corrected chi connectivity index (χ0v) is 22.3. The lowest BCUT2D eigenvalue weighted by molar-refractivity contribution is 0.0973. The number of amides is 1. The van der Waals surface area contributed by atoms with E-state index in [-0.39, 0.29) is 36.7 Å². The Kier molecular flexibility index (Phi) is 7.55. The molecule has 38 heavy (non-hydrogen) atoms. The van der Waals surface area contributed by atoms with Crippen molar-refractivity contribution in [2.24, 2.45) is 0 Å². The van der Waals surface area contributed by atoms with E-state index in [0.717, 1.165) is 37.1 Å². The summed E-state index contributed by atoms with van der Waals surface area (Å²) in [6.07, 6.45) is 5.55. The molecule has 0 saturated carbocycles. The Balaban J connectivity index is 1.45. The smallest absolute Gasteiger partial charge is 0.304 e. The highest BCUT2D eigenvalue weighted by Crippen LogP contribution is 2.41. The minimum absolute atomic E-state index is 0.0648. The van der Waals surface area contributed by atoms with Gasteiger partial charge in [0.25, 0.3) is 5.91 Å². The van der Waals surface area contributed by atoms with Crippen LogP contribution >= 0.6 is 0 Å². The summed E-state index contributed by atoms with van der Waals surface area (Å²) in [5.74, 6) is -0.455. The first kappa shape index (κ1) is 26.4. The van der Waals surface area contributed by atoms with E-state index in [4.69, 9.17) is 9.47 Å². The summed E-state index contributed by atoms with van der Waals surface area (Å²) in [7, 11) is -3.98. The largest absolute Gasteiger partial charge is 0.488 e. The van der Waals surface area contributed by atoms with Gasteiger partial charge in [0, 0.05) is 37.8 Å². The van der Waals surface area contributed by atoms with Crippen molar-refractivity contribution < 1.29 is 27.1 Å². The fourth-order valence-electron chi connectivity index (χ4n) is 5.18. The Morgan fingerprint density at radius 1 is 1.24 bits per heavy atom. The normalized spacial score (nSPS) is 19.9. The third-order valence-corrected chi connectivity index (χ3v) is 8.73. The van der Waals surface area contributed by atoms with Gasteiger partial charge in [-0.1, -0.05) is 13.8 Å². The van der Waals surface area contributed by atoms with Crippen molar-refractivity contribution in [3.05, 3.63) is 59.8 Å². The molecule has 0 unspecified atom stereocenters. The lowest BCUT2D eigenvalue weighted by atomic mass is 10.0. The van der Waals surface area contributed by atoms with Crippen LogP contribution in [0.4, 0.5) is 10.1 Å². The van der Waals surface area contributed by atoms with Gasteiger partial charge >= 0.3 is 10.2 Å². The van der Waals surface area contributed by atoms with Crippen LogP contribution in [0.5, 0.6) is 5.75 Å². The standard InChI is InChI=1S/C26H32FN5O5S/c1-3-30(4-2)38(34,35)29-26(33)23-15-28-25-10-8-19(16-32(23)25)31-12-5-6-22(31)21-14-18(27)7-9-24(21)37-20-11-13-36-17-20/h7-10,14-16,20,22H,3-6,11-13,17H2,1-2H3,(H,29,33)/t20-,22-/m1/s1. The van der Waals surface area contributed by atoms with Crippen molar-refractivity contribution in [3.63, 3.8) is 0 Å². The SMILES string of the molecule is CCN(CC)S(=O)(=O)NC(=O)c1cnc2ccc(N3CCC[C@@H]3c3cc(F)ccc3O[C@@H]3CCOC3)cn12. The molecule has 2 aromatic heterocycles. The number of imidazole rings is 1. The molecule has 204 valence electrons. The van der Waals surface area contributed by atoms with Crippen molar-refractivity contribution in [3.8, 4) is 5.75 Å². The van der Waals surface area contributed by atoms with E-state index >= 15 is 0 Å². The Morgan fingerprint density at radius 2 is 2.05 bits per heavy atom. The molecule has 2 fully saturated rings. The van der Waals surface area contributed by atoms with E-state index in [9.17, 15) is 17.6 Å². The molecule has 4 heterocycles. The third kappa shape index (κ3) is 5.20. The predicted molar refractivity (Wildman–Crippen MR) is 140 cm³/mol. The van der Waals surface area contributed by atoms with E-state index in [2.05, 4.69) is 14.6 Å². The molecule has 2 atom stereocenters. The molecular weight excluding hydrogens is 513 g/mol. The molecule has 12 heteroatoms. The average Bonchev–Trinajstić information content (AvgIpc) is 3.66. The van der Waals surface area contributed by atoms with Crippen LogP contribution in [0.25, 0.3) is 5.65 Å². The quantitative estimate of drug-likeness (QED) is 0.440. The van der Waals surface area contributed by atoms with Crippen LogP contribution in [-0.4, -0.2) is 67.0 Å². The van der Waals surface area contributed by atoms with Gasteiger partial charge in [0.1, 0.15) is 29.0 Å². The zero-order valence-electron chi connectivity index (χ0n) is 21.5. The van der Waals surface area contributed by atoms with Gasteiger partial charge in [-0.25, -0.2) is 14.1 Å². The molecule has 1 aromatic carbocycles. The molecule has 2 saturated heterocycles. The Labute approximate surface area is 221 Å². The first-order chi connectivity index (χ1) is 18.3. The van der Waals surface area contributed by atoms with Gasteiger partial charge in [-0.05, 0) is 43.2 Å². The van der Waals surface area contributed by atoms with Crippen molar-refractivity contribution in [1.29, 1.82) is 0 Å². The Bertz CT molecular complexity index is 1420. The molecule has 0 radical (unpaired) electrons. The van der Waals surface area contributed by atoms with Crippen molar-refractivity contribution in [1.82, 2.24) is 18.4 Å². The summed E-state index contributed by atoms with van der Waals surface area (Å²) in [5.41, 5.74) is 2.18. The maximum Gasteiger partial charge on any atom is 0.304 e. The summed E-state index contributed by atoms with van der Waals surface area (Å²) < 4.78 is 56.1. The van der Waals surface area contributed by atoms with Crippen LogP contribution in [0.1, 0.15) is 55.2 Å². The van der Waals surface area contributed by atoms with Gasteiger partial charge in [-0.2, -0.15) is 12.7 Å². The van der Waals surface area contributed by atoms with E-state index in [1.165, 1.54) is 22.6 Å². The predicted octanol–water partition coefficient (Wildman–Crippen LogP) is 3.30. The first-order valence-electron chi connectivity index (χ1n) is 12.9. The molecular formula is C26H32FN5O5S. The summed E-state index contributed by atoms with van der Waals surface area (Å²) >= 11 is 0. The first-order valence-corrected chi connectivity index (χ1v) is 14.3. The second kappa shape index (κ2) is 10.9. The van der Waals surface area contributed by atoms with E-state index in [1.807, 2.05) is 6.07 Å². The number of nitrogens with one attached hydrogen (secondary N) is 1. The number of halogens is 1. The summed E-state index contributed by atoms with van der Waals surface area (Å²) in [5, 5.41) is 0.